The third kappa shape index (κ3) is 4.00. The number of hydrogen-bond acceptors (Lipinski definition) is 2. The Morgan fingerprint density at radius 2 is 2.10 bits per heavy atom. The van der Waals surface area contributed by atoms with Gasteiger partial charge in [-0.2, -0.15) is 0 Å². The van der Waals surface area contributed by atoms with Crippen molar-refractivity contribution in [2.24, 2.45) is 11.3 Å². The van der Waals surface area contributed by atoms with E-state index in [4.69, 9.17) is 4.74 Å². The van der Waals surface area contributed by atoms with Crippen LogP contribution in [0.15, 0.2) is 18.2 Å². The molecular formula is C19H31NO. The second kappa shape index (κ2) is 6.83. The average Bonchev–Trinajstić information content (AvgIpc) is 2.45. The van der Waals surface area contributed by atoms with Gasteiger partial charge in [0.05, 0.1) is 7.11 Å². The molecule has 0 spiro atoms. The topological polar surface area (TPSA) is 21.3 Å². The largest absolute Gasteiger partial charge is 0.497 e. The Kier molecular flexibility index (Phi) is 5.32. The van der Waals surface area contributed by atoms with Crippen molar-refractivity contribution in [3.8, 4) is 5.75 Å². The molecule has 0 aliphatic heterocycles. The summed E-state index contributed by atoms with van der Waals surface area (Å²) in [6, 6.07) is 6.59. The van der Waals surface area contributed by atoms with Gasteiger partial charge in [-0.25, -0.2) is 0 Å². The lowest BCUT2D eigenvalue weighted by molar-refractivity contribution is 0.160. The quantitative estimate of drug-likeness (QED) is 0.860. The predicted molar refractivity (Wildman–Crippen MR) is 90.1 cm³/mol. The Labute approximate surface area is 130 Å². The minimum absolute atomic E-state index is 0.458. The highest BCUT2D eigenvalue weighted by Crippen LogP contribution is 2.47. The summed E-state index contributed by atoms with van der Waals surface area (Å²) >= 11 is 0. The molecule has 118 valence electrons. The summed E-state index contributed by atoms with van der Waals surface area (Å²) in [6.07, 6.45) is 3.96. The van der Waals surface area contributed by atoms with Gasteiger partial charge in [-0.3, -0.25) is 0 Å². The Hall–Kier alpha value is -1.02. The third-order valence-corrected chi connectivity index (χ3v) is 5.07. The van der Waals surface area contributed by atoms with Crippen LogP contribution < -0.4 is 10.1 Å². The summed E-state index contributed by atoms with van der Waals surface area (Å²) in [7, 11) is 1.74. The van der Waals surface area contributed by atoms with Crippen LogP contribution in [0.25, 0.3) is 0 Å². The van der Waals surface area contributed by atoms with E-state index in [0.717, 1.165) is 24.8 Å². The summed E-state index contributed by atoms with van der Waals surface area (Å²) in [5, 5.41) is 3.56. The zero-order valence-corrected chi connectivity index (χ0v) is 14.3. The molecule has 2 atom stereocenters. The lowest BCUT2D eigenvalue weighted by atomic mass is 9.64. The van der Waals surface area contributed by atoms with E-state index in [1.54, 1.807) is 7.11 Å². The van der Waals surface area contributed by atoms with E-state index in [1.807, 2.05) is 0 Å². The molecule has 0 heterocycles. The van der Waals surface area contributed by atoms with Crippen LogP contribution >= 0.6 is 0 Å². The van der Waals surface area contributed by atoms with Gasteiger partial charge in [0.1, 0.15) is 5.75 Å². The molecule has 1 aliphatic rings. The Morgan fingerprint density at radius 1 is 1.33 bits per heavy atom. The van der Waals surface area contributed by atoms with Crippen molar-refractivity contribution >= 4 is 0 Å². The zero-order chi connectivity index (χ0) is 15.5. The third-order valence-electron chi connectivity index (χ3n) is 5.07. The van der Waals surface area contributed by atoms with Gasteiger partial charge in [0.15, 0.2) is 0 Å². The molecule has 1 N–H and O–H groups in total. The molecule has 0 saturated heterocycles. The van der Waals surface area contributed by atoms with Crippen molar-refractivity contribution in [3.63, 3.8) is 0 Å². The molecule has 21 heavy (non-hydrogen) atoms. The van der Waals surface area contributed by atoms with Crippen LogP contribution in [-0.4, -0.2) is 20.2 Å². The molecule has 2 rings (SSSR count). The van der Waals surface area contributed by atoms with E-state index >= 15 is 0 Å². The summed E-state index contributed by atoms with van der Waals surface area (Å²) in [5.41, 5.74) is 3.35. The van der Waals surface area contributed by atoms with Gasteiger partial charge in [0, 0.05) is 0 Å². The molecule has 0 aromatic heterocycles. The van der Waals surface area contributed by atoms with Gasteiger partial charge in [-0.05, 0) is 79.8 Å². The smallest absolute Gasteiger partial charge is 0.119 e. The van der Waals surface area contributed by atoms with E-state index in [-0.39, 0.29) is 0 Å². The maximum Gasteiger partial charge on any atom is 0.119 e. The second-order valence-corrected chi connectivity index (χ2v) is 7.30. The minimum atomic E-state index is 0.458. The van der Waals surface area contributed by atoms with Crippen molar-refractivity contribution in [3.05, 3.63) is 29.3 Å². The molecule has 2 nitrogen and oxygen atoms in total. The summed E-state index contributed by atoms with van der Waals surface area (Å²) in [4.78, 5) is 0. The molecule has 1 aliphatic carbocycles. The molecule has 0 radical (unpaired) electrons. The lowest BCUT2D eigenvalue weighted by Crippen LogP contribution is -2.35. The van der Waals surface area contributed by atoms with Crippen LogP contribution in [0.4, 0.5) is 0 Å². The number of methoxy groups -OCH3 is 1. The van der Waals surface area contributed by atoms with E-state index in [9.17, 15) is 0 Å². The summed E-state index contributed by atoms with van der Waals surface area (Å²) in [5.74, 6) is 2.39. The van der Waals surface area contributed by atoms with Crippen molar-refractivity contribution in [1.29, 1.82) is 0 Å². The number of rotatable bonds is 5. The van der Waals surface area contributed by atoms with Gasteiger partial charge in [-0.15, -0.1) is 0 Å². The van der Waals surface area contributed by atoms with Crippen LogP contribution in [-0.2, 0) is 0 Å². The Bertz CT molecular complexity index is 467. The Balaban J connectivity index is 2.26. The molecule has 0 bridgehead atoms. The van der Waals surface area contributed by atoms with E-state index < -0.39 is 0 Å². The van der Waals surface area contributed by atoms with Gasteiger partial charge in [0.2, 0.25) is 0 Å². The fourth-order valence-electron chi connectivity index (χ4n) is 3.77. The first kappa shape index (κ1) is 16.4. The van der Waals surface area contributed by atoms with Gasteiger partial charge in [-0.1, -0.05) is 26.8 Å². The van der Waals surface area contributed by atoms with E-state index in [1.165, 1.54) is 30.4 Å². The Morgan fingerprint density at radius 3 is 2.71 bits per heavy atom. The fraction of sp³-hybridized carbons (Fsp3) is 0.684. The molecule has 1 aromatic rings. The molecule has 0 amide bonds. The minimum Gasteiger partial charge on any atom is -0.497 e. The van der Waals surface area contributed by atoms with Crippen LogP contribution in [0, 0.1) is 18.3 Å². The number of aryl methyl sites for hydroxylation is 1. The fourth-order valence-corrected chi connectivity index (χ4v) is 3.77. The highest BCUT2D eigenvalue weighted by atomic mass is 16.5. The SMILES string of the molecule is CCNCC1CCC(C)(C)CC1c1ccc(OC)cc1C. The van der Waals surface area contributed by atoms with Gasteiger partial charge >= 0.3 is 0 Å². The highest BCUT2D eigenvalue weighted by molar-refractivity contribution is 5.37. The van der Waals surface area contributed by atoms with Crippen molar-refractivity contribution in [2.75, 3.05) is 20.2 Å². The first-order valence-electron chi connectivity index (χ1n) is 8.32. The molecular weight excluding hydrogens is 258 g/mol. The molecule has 1 fully saturated rings. The van der Waals surface area contributed by atoms with Crippen LogP contribution in [0.5, 0.6) is 5.75 Å². The first-order chi connectivity index (χ1) is 9.96. The predicted octanol–water partition coefficient (Wildman–Crippen LogP) is 4.52. The number of hydrogen-bond donors (Lipinski definition) is 1. The summed E-state index contributed by atoms with van der Waals surface area (Å²) < 4.78 is 5.36. The first-order valence-corrected chi connectivity index (χ1v) is 8.32. The highest BCUT2D eigenvalue weighted by Gasteiger charge is 2.35. The average molecular weight is 289 g/mol. The van der Waals surface area contributed by atoms with Crippen molar-refractivity contribution in [1.82, 2.24) is 5.32 Å². The molecule has 1 saturated carbocycles. The van der Waals surface area contributed by atoms with Crippen LogP contribution in [0.2, 0.25) is 0 Å². The van der Waals surface area contributed by atoms with E-state index in [0.29, 0.717) is 11.3 Å². The number of ether oxygens (including phenoxy) is 1. The van der Waals surface area contributed by atoms with Crippen LogP contribution in [0.3, 0.4) is 0 Å². The summed E-state index contributed by atoms with van der Waals surface area (Å²) in [6.45, 7) is 11.5. The number of benzene rings is 1. The second-order valence-electron chi connectivity index (χ2n) is 7.30. The monoisotopic (exact) mass is 289 g/mol. The van der Waals surface area contributed by atoms with Gasteiger partial charge in [0.25, 0.3) is 0 Å². The molecule has 2 unspecified atom stereocenters. The standard InChI is InChI=1S/C19H31NO/c1-6-20-13-15-9-10-19(3,4)12-18(15)17-8-7-16(21-5)11-14(17)2/h7-8,11,15,18,20H,6,9-10,12-13H2,1-5H3. The molecule has 1 aromatic carbocycles. The van der Waals surface area contributed by atoms with Crippen molar-refractivity contribution in [2.45, 2.75) is 52.9 Å². The van der Waals surface area contributed by atoms with Gasteiger partial charge < -0.3 is 10.1 Å². The van der Waals surface area contributed by atoms with Crippen LogP contribution in [0.1, 0.15) is 57.1 Å². The van der Waals surface area contributed by atoms with E-state index in [2.05, 4.69) is 51.2 Å². The zero-order valence-electron chi connectivity index (χ0n) is 14.3. The normalized spacial score (nSPS) is 24.8. The molecule has 2 heteroatoms. The number of nitrogens with one attached hydrogen (secondary N) is 1. The van der Waals surface area contributed by atoms with Crippen molar-refractivity contribution < 1.29 is 4.74 Å². The lowest BCUT2D eigenvalue weighted by Gasteiger charge is -2.42. The maximum absolute atomic E-state index is 5.36. The maximum atomic E-state index is 5.36.